The Morgan fingerprint density at radius 2 is 1.25 bits per heavy atom. The second-order valence-corrected chi connectivity index (χ2v) is 9.13. The Kier molecular flexibility index (Phi) is 12.7. The summed E-state index contributed by atoms with van der Waals surface area (Å²) in [5, 5.41) is -0.457. The van der Waals surface area contributed by atoms with Gasteiger partial charge < -0.3 is 9.47 Å². The molecule has 0 radical (unpaired) electrons. The number of carbonyl (C=O) groups is 3. The molecule has 0 amide bonds. The van der Waals surface area contributed by atoms with E-state index < -0.39 is 74.8 Å². The maximum atomic E-state index is 13.0. The number of fused-ring (bicyclic) bond motifs is 1. The Balaban J connectivity index is 0.000000378. The van der Waals surface area contributed by atoms with Gasteiger partial charge in [0.1, 0.15) is 10.7 Å². The van der Waals surface area contributed by atoms with Crippen LogP contribution in [0.2, 0.25) is 0 Å². The highest BCUT2D eigenvalue weighted by molar-refractivity contribution is 7.81. The number of thiol groups is 1. The molecule has 3 rings (SSSR count). The van der Waals surface area contributed by atoms with E-state index in [1.54, 1.807) is 0 Å². The number of hydrogen-bond acceptors (Lipinski definition) is 7. The van der Waals surface area contributed by atoms with Crippen LogP contribution in [-0.4, -0.2) is 43.9 Å². The third-order valence-electron chi connectivity index (χ3n) is 4.83. The SMILES string of the molecule is COC(=O)CS.COC(=O)c1sc2cc(C(F)(F)F)ccc2c1C(F)(F)F.O=C(c1ccc(C(F)(F)F)cc1F)C(F)(F)F. The van der Waals surface area contributed by atoms with Crippen LogP contribution < -0.4 is 0 Å². The first kappa shape index (κ1) is 38.5. The highest BCUT2D eigenvalue weighted by atomic mass is 32.1. The van der Waals surface area contributed by atoms with Gasteiger partial charge in [-0.15, -0.1) is 11.3 Å². The van der Waals surface area contributed by atoms with E-state index in [9.17, 15) is 71.5 Å². The fourth-order valence-electron chi connectivity index (χ4n) is 2.88. The fraction of sp³-hybridized carbons (Fsp3) is 0.292. The van der Waals surface area contributed by atoms with E-state index in [0.717, 1.165) is 7.11 Å². The number of alkyl halides is 12. The monoisotopic (exact) mass is 694 g/mol. The van der Waals surface area contributed by atoms with Crippen LogP contribution in [0.3, 0.4) is 0 Å². The largest absolute Gasteiger partial charge is 0.468 e. The van der Waals surface area contributed by atoms with Crippen LogP contribution >= 0.6 is 24.0 Å². The number of esters is 2. The van der Waals surface area contributed by atoms with Gasteiger partial charge in [0.2, 0.25) is 0 Å². The molecule has 5 nitrogen and oxygen atoms in total. The smallest absolute Gasteiger partial charge is 0.454 e. The quantitative estimate of drug-likeness (QED) is 0.129. The molecule has 0 aliphatic carbocycles. The number of hydrogen-bond donors (Lipinski definition) is 1. The van der Waals surface area contributed by atoms with Gasteiger partial charge in [-0.3, -0.25) is 9.59 Å². The molecule has 0 unspecified atom stereocenters. The van der Waals surface area contributed by atoms with Crippen molar-refractivity contribution in [2.45, 2.75) is 24.7 Å². The average Bonchev–Trinajstić information content (AvgIpc) is 3.30. The summed E-state index contributed by atoms with van der Waals surface area (Å²) >= 11 is 3.94. The average molecular weight is 694 g/mol. The number of benzene rings is 2. The Bertz CT molecular complexity index is 1480. The Morgan fingerprint density at radius 1 is 0.750 bits per heavy atom. The summed E-state index contributed by atoms with van der Waals surface area (Å²) in [5.74, 6) is -5.75. The van der Waals surface area contributed by atoms with Gasteiger partial charge in [0, 0.05) is 10.1 Å². The van der Waals surface area contributed by atoms with Gasteiger partial charge in [0.05, 0.1) is 42.2 Å². The molecule has 1 heterocycles. The maximum absolute atomic E-state index is 13.0. The number of ketones is 1. The fourth-order valence-corrected chi connectivity index (χ4v) is 4.19. The van der Waals surface area contributed by atoms with E-state index in [2.05, 4.69) is 22.1 Å². The van der Waals surface area contributed by atoms with Crippen LogP contribution in [-0.2, 0) is 32.8 Å². The zero-order chi connectivity index (χ0) is 34.4. The van der Waals surface area contributed by atoms with Crippen LogP contribution in [0, 0.1) is 5.82 Å². The molecule has 0 aliphatic rings. The highest BCUT2D eigenvalue weighted by Crippen LogP contribution is 2.44. The molecule has 0 aliphatic heterocycles. The molecule has 0 saturated carbocycles. The van der Waals surface area contributed by atoms with Crippen molar-refractivity contribution in [2.75, 3.05) is 20.0 Å². The van der Waals surface area contributed by atoms with Crippen LogP contribution in [0.4, 0.5) is 57.1 Å². The molecule has 0 bridgehead atoms. The summed E-state index contributed by atoms with van der Waals surface area (Å²) in [4.78, 5) is 31.1. The molecule has 44 heavy (non-hydrogen) atoms. The van der Waals surface area contributed by atoms with E-state index in [1.165, 1.54) is 7.11 Å². The van der Waals surface area contributed by atoms with Crippen molar-refractivity contribution >= 4 is 51.8 Å². The highest BCUT2D eigenvalue weighted by Gasteiger charge is 2.42. The molecule has 2 aromatic carbocycles. The number of Topliss-reactive ketones (excluding diaryl/α,β-unsaturated/α-hetero) is 1. The lowest BCUT2D eigenvalue weighted by Gasteiger charge is -2.09. The van der Waals surface area contributed by atoms with Gasteiger partial charge in [-0.2, -0.15) is 65.3 Å². The number of halogens is 13. The number of rotatable bonds is 3. The molecule has 0 saturated heterocycles. The van der Waals surface area contributed by atoms with Crippen molar-refractivity contribution in [3.05, 3.63) is 69.3 Å². The zero-order valence-electron chi connectivity index (χ0n) is 21.5. The van der Waals surface area contributed by atoms with Crippen LogP contribution in [0.25, 0.3) is 10.1 Å². The first-order chi connectivity index (χ1) is 19.9. The molecule has 244 valence electrons. The summed E-state index contributed by atoms with van der Waals surface area (Å²) in [5.41, 5.74) is -5.26. The lowest BCUT2D eigenvalue weighted by Crippen LogP contribution is -2.24. The Morgan fingerprint density at radius 3 is 1.61 bits per heavy atom. The van der Waals surface area contributed by atoms with E-state index >= 15 is 0 Å². The second-order valence-electron chi connectivity index (χ2n) is 7.76. The van der Waals surface area contributed by atoms with Crippen LogP contribution in [0.1, 0.15) is 36.7 Å². The van der Waals surface area contributed by atoms with Gasteiger partial charge in [-0.1, -0.05) is 6.07 Å². The van der Waals surface area contributed by atoms with Gasteiger partial charge in [0.15, 0.2) is 0 Å². The van der Waals surface area contributed by atoms with Crippen LogP contribution in [0.5, 0.6) is 0 Å². The predicted molar refractivity (Wildman–Crippen MR) is 131 cm³/mol. The molecule has 0 atom stereocenters. The molecular weight excluding hydrogens is 679 g/mol. The summed E-state index contributed by atoms with van der Waals surface area (Å²) in [7, 11) is 2.23. The summed E-state index contributed by atoms with van der Waals surface area (Å²) in [6.45, 7) is 0. The summed E-state index contributed by atoms with van der Waals surface area (Å²) in [6.07, 6.45) is -19.8. The second kappa shape index (κ2) is 14.5. The first-order valence-electron chi connectivity index (χ1n) is 10.8. The third-order valence-corrected chi connectivity index (χ3v) is 6.22. The number of thiophene rings is 1. The standard InChI is InChI=1S/C12H6F6O2S.C9H3F7O.C3H6O2S/c1-20-10(19)9-8(12(16,17)18)6-3-2-5(11(13,14)15)4-7(6)21-9;10-6-3-4(8(11,12)13)1-2-5(6)7(17)9(14,15)16;1-5-3(4)2-6/h2-4H,1H3;1-3H;6H,2H2,1H3. The van der Waals surface area contributed by atoms with E-state index in [-0.39, 0.29) is 34.6 Å². The zero-order valence-corrected chi connectivity index (χ0v) is 23.2. The minimum atomic E-state index is -5.33. The Labute approximate surface area is 246 Å². The molecular formula is C24H15F13O5S2. The van der Waals surface area contributed by atoms with E-state index in [4.69, 9.17) is 0 Å². The molecule has 1 aromatic heterocycles. The third kappa shape index (κ3) is 10.3. The lowest BCUT2D eigenvalue weighted by molar-refractivity contribution is -0.138. The van der Waals surface area contributed by atoms with Crippen molar-refractivity contribution in [2.24, 2.45) is 0 Å². The molecule has 0 spiro atoms. The molecule has 3 aromatic rings. The number of carbonyl (C=O) groups excluding carboxylic acids is 3. The van der Waals surface area contributed by atoms with E-state index in [1.807, 2.05) is 0 Å². The number of methoxy groups -OCH3 is 2. The minimum Gasteiger partial charge on any atom is -0.468 e. The normalized spacial score (nSPS) is 12.0. The molecule has 0 N–H and O–H groups in total. The van der Waals surface area contributed by atoms with Crippen LogP contribution in [0.15, 0.2) is 36.4 Å². The van der Waals surface area contributed by atoms with Gasteiger partial charge in [0.25, 0.3) is 5.78 Å². The number of ether oxygens (including phenoxy) is 2. The van der Waals surface area contributed by atoms with Crippen molar-refractivity contribution in [3.63, 3.8) is 0 Å². The Hall–Kier alpha value is -3.55. The minimum absolute atomic E-state index is 0.154. The predicted octanol–water partition coefficient (Wildman–Crippen LogP) is 8.40. The summed E-state index contributed by atoms with van der Waals surface area (Å²) in [6, 6.07) is 2.06. The molecule has 20 heteroatoms. The topological polar surface area (TPSA) is 69.7 Å². The maximum Gasteiger partial charge on any atom is 0.454 e. The van der Waals surface area contributed by atoms with Gasteiger partial charge >= 0.3 is 36.6 Å². The lowest BCUT2D eigenvalue weighted by atomic mass is 10.1. The van der Waals surface area contributed by atoms with Crippen molar-refractivity contribution < 1.29 is 80.9 Å². The van der Waals surface area contributed by atoms with Crippen molar-refractivity contribution in [3.8, 4) is 0 Å². The van der Waals surface area contributed by atoms with Gasteiger partial charge in [-0.25, -0.2) is 9.18 Å². The first-order valence-corrected chi connectivity index (χ1v) is 12.3. The van der Waals surface area contributed by atoms with Crippen molar-refractivity contribution in [1.29, 1.82) is 0 Å². The van der Waals surface area contributed by atoms with E-state index in [0.29, 0.717) is 29.5 Å². The van der Waals surface area contributed by atoms with Gasteiger partial charge in [-0.05, 0) is 30.3 Å². The molecule has 0 fully saturated rings. The van der Waals surface area contributed by atoms with Crippen molar-refractivity contribution in [1.82, 2.24) is 0 Å². The summed E-state index contributed by atoms with van der Waals surface area (Å²) < 4.78 is 170.